The van der Waals surface area contributed by atoms with Gasteiger partial charge in [0.1, 0.15) is 9.30 Å². The summed E-state index contributed by atoms with van der Waals surface area (Å²) in [6, 6.07) is 14.6. The molecule has 0 saturated heterocycles. The van der Waals surface area contributed by atoms with Crippen LogP contribution in [0.15, 0.2) is 48.5 Å². The zero-order valence-electron chi connectivity index (χ0n) is 17.2. The van der Waals surface area contributed by atoms with Gasteiger partial charge in [-0.1, -0.05) is 46.9 Å². The quantitative estimate of drug-likeness (QED) is 0.312. The number of carbonyl (C=O) groups excluding carboxylic acids is 2. The van der Waals surface area contributed by atoms with Gasteiger partial charge in [-0.05, 0) is 30.0 Å². The van der Waals surface area contributed by atoms with E-state index in [0.29, 0.717) is 35.9 Å². The lowest BCUT2D eigenvalue weighted by atomic mass is 9.82. The van der Waals surface area contributed by atoms with Crippen molar-refractivity contribution in [2.75, 3.05) is 44.7 Å². The number of hydrogen-bond acceptors (Lipinski definition) is 5. The first-order chi connectivity index (χ1) is 14.5. The molecule has 30 heavy (non-hydrogen) atoms. The summed E-state index contributed by atoms with van der Waals surface area (Å²) in [6.45, 7) is 0.813. The molecule has 0 radical (unpaired) electrons. The number of nitrogens with one attached hydrogen (secondary N) is 1. The van der Waals surface area contributed by atoms with Crippen LogP contribution in [-0.2, 0) is 9.53 Å². The number of alkyl halides is 1. The SMILES string of the molecule is COCCN1C(=O)c2ccccc2C(C(=O)Nc2cccc(OC)c2)C1(I)CSC. The van der Waals surface area contributed by atoms with Gasteiger partial charge in [-0.2, -0.15) is 11.8 Å². The molecular formula is C22H25IN2O4S. The third-order valence-corrected chi connectivity index (χ3v) is 7.94. The zero-order chi connectivity index (χ0) is 21.7. The van der Waals surface area contributed by atoms with Crippen molar-refractivity contribution in [1.82, 2.24) is 4.90 Å². The first-order valence-corrected chi connectivity index (χ1v) is 12.0. The van der Waals surface area contributed by atoms with Crippen molar-refractivity contribution in [3.63, 3.8) is 0 Å². The largest absolute Gasteiger partial charge is 0.497 e. The molecule has 0 saturated carbocycles. The predicted molar refractivity (Wildman–Crippen MR) is 129 cm³/mol. The van der Waals surface area contributed by atoms with Crippen molar-refractivity contribution in [2.24, 2.45) is 0 Å². The average molecular weight is 540 g/mol. The lowest BCUT2D eigenvalue weighted by Crippen LogP contribution is -2.59. The molecule has 0 bridgehead atoms. The number of amides is 2. The number of halogens is 1. The zero-order valence-corrected chi connectivity index (χ0v) is 20.2. The van der Waals surface area contributed by atoms with Gasteiger partial charge in [-0.3, -0.25) is 9.59 Å². The van der Waals surface area contributed by atoms with Crippen LogP contribution in [0.5, 0.6) is 5.75 Å². The monoisotopic (exact) mass is 540 g/mol. The van der Waals surface area contributed by atoms with Gasteiger partial charge >= 0.3 is 0 Å². The number of rotatable bonds is 8. The maximum Gasteiger partial charge on any atom is 0.255 e. The maximum atomic E-state index is 13.6. The van der Waals surface area contributed by atoms with E-state index in [1.165, 1.54) is 0 Å². The molecule has 0 aliphatic carbocycles. The fourth-order valence-corrected chi connectivity index (χ4v) is 6.48. The van der Waals surface area contributed by atoms with Crippen molar-refractivity contribution >= 4 is 51.9 Å². The number of carbonyl (C=O) groups is 2. The van der Waals surface area contributed by atoms with Crippen molar-refractivity contribution in [2.45, 2.75) is 9.46 Å². The summed E-state index contributed by atoms with van der Waals surface area (Å²) in [5.41, 5.74) is 1.97. The molecule has 2 aromatic carbocycles. The predicted octanol–water partition coefficient (Wildman–Crippen LogP) is 4.01. The molecule has 1 aliphatic heterocycles. The van der Waals surface area contributed by atoms with Crippen LogP contribution in [0.1, 0.15) is 21.8 Å². The second kappa shape index (κ2) is 10.0. The van der Waals surface area contributed by atoms with Crippen LogP contribution in [0.4, 0.5) is 5.69 Å². The van der Waals surface area contributed by atoms with E-state index in [1.54, 1.807) is 43.0 Å². The molecule has 0 aromatic heterocycles. The van der Waals surface area contributed by atoms with Crippen molar-refractivity contribution < 1.29 is 19.1 Å². The van der Waals surface area contributed by atoms with Crippen LogP contribution in [-0.4, -0.2) is 59.6 Å². The number of nitrogens with zero attached hydrogens (tertiary/aromatic N) is 1. The van der Waals surface area contributed by atoms with Gasteiger partial charge in [0.05, 0.1) is 19.6 Å². The van der Waals surface area contributed by atoms with Gasteiger partial charge in [0, 0.05) is 36.7 Å². The van der Waals surface area contributed by atoms with Crippen LogP contribution < -0.4 is 10.1 Å². The lowest BCUT2D eigenvalue weighted by Gasteiger charge is -2.48. The molecule has 1 aliphatic rings. The molecule has 2 amide bonds. The smallest absolute Gasteiger partial charge is 0.255 e. The van der Waals surface area contributed by atoms with E-state index in [-0.39, 0.29) is 11.8 Å². The maximum absolute atomic E-state index is 13.6. The molecule has 2 aromatic rings. The Labute approximate surface area is 194 Å². The highest BCUT2D eigenvalue weighted by Gasteiger charge is 2.52. The van der Waals surface area contributed by atoms with Crippen LogP contribution in [0.3, 0.4) is 0 Å². The number of thioether (sulfide) groups is 1. The average Bonchev–Trinajstić information content (AvgIpc) is 2.74. The van der Waals surface area contributed by atoms with E-state index >= 15 is 0 Å². The molecule has 160 valence electrons. The minimum Gasteiger partial charge on any atom is -0.497 e. The highest BCUT2D eigenvalue weighted by atomic mass is 127. The Balaban J connectivity index is 2.06. The van der Waals surface area contributed by atoms with Gasteiger partial charge in [-0.15, -0.1) is 0 Å². The van der Waals surface area contributed by atoms with Crippen LogP contribution in [0, 0.1) is 0 Å². The van der Waals surface area contributed by atoms with Gasteiger partial charge in [0.15, 0.2) is 0 Å². The molecule has 2 unspecified atom stereocenters. The standard InChI is InChI=1S/C22H25IN2O4S/c1-28-12-11-25-21(27)18-10-5-4-9-17(18)19(22(25,23)14-30-3)20(26)24-15-7-6-8-16(13-15)29-2/h4-10,13,19H,11-12,14H2,1-3H3,(H,24,26). The van der Waals surface area contributed by atoms with Gasteiger partial charge in [-0.25, -0.2) is 0 Å². The highest BCUT2D eigenvalue weighted by Crippen LogP contribution is 2.47. The van der Waals surface area contributed by atoms with Crippen LogP contribution in [0.2, 0.25) is 0 Å². The van der Waals surface area contributed by atoms with Crippen molar-refractivity contribution in [3.05, 3.63) is 59.7 Å². The molecule has 6 nitrogen and oxygen atoms in total. The van der Waals surface area contributed by atoms with E-state index in [4.69, 9.17) is 9.47 Å². The van der Waals surface area contributed by atoms with E-state index in [0.717, 1.165) is 5.56 Å². The third-order valence-electron chi connectivity index (χ3n) is 5.10. The van der Waals surface area contributed by atoms with E-state index < -0.39 is 9.46 Å². The number of ether oxygens (including phenoxy) is 2. The Morgan fingerprint density at radius 3 is 2.70 bits per heavy atom. The first-order valence-electron chi connectivity index (χ1n) is 9.49. The first kappa shape index (κ1) is 22.9. The second-order valence-electron chi connectivity index (χ2n) is 6.94. The van der Waals surface area contributed by atoms with Gasteiger partial charge in [0.25, 0.3) is 5.91 Å². The Hall–Kier alpha value is -1.78. The summed E-state index contributed by atoms with van der Waals surface area (Å²) >= 11 is 3.89. The number of anilines is 1. The summed E-state index contributed by atoms with van der Waals surface area (Å²) in [4.78, 5) is 28.7. The van der Waals surface area contributed by atoms with Crippen LogP contribution >= 0.6 is 34.4 Å². The van der Waals surface area contributed by atoms with E-state index in [1.807, 2.05) is 42.7 Å². The fourth-order valence-electron chi connectivity index (χ4n) is 3.74. The van der Waals surface area contributed by atoms with E-state index in [9.17, 15) is 9.59 Å². The summed E-state index contributed by atoms with van der Waals surface area (Å²) in [7, 11) is 3.20. The number of methoxy groups -OCH3 is 2. The van der Waals surface area contributed by atoms with E-state index in [2.05, 4.69) is 27.9 Å². The fraction of sp³-hybridized carbons (Fsp3) is 0.364. The molecule has 2 atom stereocenters. The van der Waals surface area contributed by atoms with Crippen molar-refractivity contribution in [1.29, 1.82) is 0 Å². The molecule has 0 fully saturated rings. The van der Waals surface area contributed by atoms with Crippen LogP contribution in [0.25, 0.3) is 0 Å². The van der Waals surface area contributed by atoms with Gasteiger partial charge in [0.2, 0.25) is 5.91 Å². The molecule has 3 rings (SSSR count). The van der Waals surface area contributed by atoms with Crippen molar-refractivity contribution in [3.8, 4) is 5.75 Å². The topological polar surface area (TPSA) is 67.9 Å². The lowest BCUT2D eigenvalue weighted by molar-refractivity contribution is -0.119. The Kier molecular flexibility index (Phi) is 7.65. The summed E-state index contributed by atoms with van der Waals surface area (Å²) in [6.07, 6.45) is 1.98. The normalized spacial score (nSPS) is 20.6. The third kappa shape index (κ3) is 4.45. The summed E-state index contributed by atoms with van der Waals surface area (Å²) in [5.74, 6) is 0.500. The molecule has 8 heteroatoms. The second-order valence-corrected chi connectivity index (χ2v) is 9.68. The molecule has 0 spiro atoms. The molecule has 1 heterocycles. The number of benzene rings is 2. The Bertz CT molecular complexity index is 926. The molecule has 1 N–H and O–H groups in total. The van der Waals surface area contributed by atoms with Gasteiger partial charge < -0.3 is 19.7 Å². The molecular weight excluding hydrogens is 515 g/mol. The Morgan fingerprint density at radius 1 is 1.23 bits per heavy atom. The number of hydrogen-bond donors (Lipinski definition) is 1. The minimum atomic E-state index is -0.732. The Morgan fingerprint density at radius 2 is 2.00 bits per heavy atom. The number of fused-ring (bicyclic) bond motifs is 1. The summed E-state index contributed by atoms with van der Waals surface area (Å²) in [5, 5.41) is 3.03. The highest BCUT2D eigenvalue weighted by molar-refractivity contribution is 14.1. The summed E-state index contributed by atoms with van der Waals surface area (Å²) < 4.78 is 9.79. The minimum absolute atomic E-state index is 0.0727.